The van der Waals surface area contributed by atoms with Crippen LogP contribution in [-0.2, 0) is 0 Å². The van der Waals surface area contributed by atoms with Gasteiger partial charge in [0, 0.05) is 22.6 Å². The minimum atomic E-state index is -0.190. The lowest BCUT2D eigenvalue weighted by atomic mass is 10.2. The largest absolute Gasteiger partial charge is 0.491 e. The minimum absolute atomic E-state index is 0.190. The van der Waals surface area contributed by atoms with Gasteiger partial charge in [-0.25, -0.2) is 0 Å². The molecule has 0 aliphatic rings. The number of ether oxygens (including phenoxy) is 1. The topological polar surface area (TPSA) is 51.2 Å². The number of nitrogens with zero attached hydrogens (tertiary/aromatic N) is 1. The quantitative estimate of drug-likeness (QED) is 0.581. The molecule has 0 spiro atoms. The first-order valence-corrected chi connectivity index (χ1v) is 9.02. The third-order valence-corrected chi connectivity index (χ3v) is 4.44. The maximum absolute atomic E-state index is 12.1. The van der Waals surface area contributed by atoms with E-state index in [2.05, 4.69) is 26.2 Å². The van der Waals surface area contributed by atoms with Crippen LogP contribution in [-0.4, -0.2) is 24.0 Å². The number of aromatic nitrogens is 1. The van der Waals surface area contributed by atoms with Gasteiger partial charge >= 0.3 is 0 Å². The summed E-state index contributed by atoms with van der Waals surface area (Å²) in [6.07, 6.45) is 2.43. The normalized spacial score (nSPS) is 10.6. The van der Waals surface area contributed by atoms with Gasteiger partial charge in [0.15, 0.2) is 0 Å². The van der Waals surface area contributed by atoms with E-state index in [9.17, 15) is 4.79 Å². The van der Waals surface area contributed by atoms with E-state index >= 15 is 0 Å². The predicted molar refractivity (Wildman–Crippen MR) is 103 cm³/mol. The van der Waals surface area contributed by atoms with E-state index in [1.165, 1.54) is 0 Å². The molecular formula is C19H16BrClN2O2. The molecule has 0 fully saturated rings. The van der Waals surface area contributed by atoms with E-state index in [-0.39, 0.29) is 5.91 Å². The zero-order valence-electron chi connectivity index (χ0n) is 13.3. The molecule has 0 atom stereocenters. The Bertz CT molecular complexity index is 896. The molecule has 0 unspecified atom stereocenters. The zero-order chi connectivity index (χ0) is 17.6. The van der Waals surface area contributed by atoms with Gasteiger partial charge < -0.3 is 10.1 Å². The lowest BCUT2D eigenvalue weighted by molar-refractivity contribution is 0.0951. The second-order valence-corrected chi connectivity index (χ2v) is 6.74. The number of rotatable bonds is 6. The van der Waals surface area contributed by atoms with E-state index in [0.29, 0.717) is 30.2 Å². The van der Waals surface area contributed by atoms with Crippen LogP contribution in [0.25, 0.3) is 10.9 Å². The highest BCUT2D eigenvalue weighted by molar-refractivity contribution is 9.10. The van der Waals surface area contributed by atoms with E-state index < -0.39 is 0 Å². The molecule has 1 heterocycles. The number of nitrogens with one attached hydrogen (secondary N) is 1. The van der Waals surface area contributed by atoms with Gasteiger partial charge in [0.25, 0.3) is 5.91 Å². The van der Waals surface area contributed by atoms with Gasteiger partial charge in [0.05, 0.1) is 17.2 Å². The molecular weight excluding hydrogens is 404 g/mol. The van der Waals surface area contributed by atoms with Crippen molar-refractivity contribution in [2.24, 2.45) is 0 Å². The Balaban J connectivity index is 1.49. The van der Waals surface area contributed by atoms with Crippen molar-refractivity contribution >= 4 is 44.3 Å². The molecule has 1 N–H and O–H groups in total. The molecule has 1 aromatic heterocycles. The van der Waals surface area contributed by atoms with Gasteiger partial charge in [0.1, 0.15) is 11.3 Å². The van der Waals surface area contributed by atoms with E-state index in [0.717, 1.165) is 21.1 Å². The van der Waals surface area contributed by atoms with Gasteiger partial charge in [-0.2, -0.15) is 0 Å². The summed E-state index contributed by atoms with van der Waals surface area (Å²) in [5.74, 6) is 0.560. The fourth-order valence-electron chi connectivity index (χ4n) is 2.42. The molecule has 2 aromatic carbocycles. The predicted octanol–water partition coefficient (Wildman–Crippen LogP) is 4.85. The van der Waals surface area contributed by atoms with Crippen LogP contribution in [0.15, 0.2) is 59.2 Å². The van der Waals surface area contributed by atoms with Crippen molar-refractivity contribution in [3.63, 3.8) is 0 Å². The molecule has 6 heteroatoms. The molecule has 25 heavy (non-hydrogen) atoms. The summed E-state index contributed by atoms with van der Waals surface area (Å²) >= 11 is 9.40. The van der Waals surface area contributed by atoms with Gasteiger partial charge in [0.2, 0.25) is 0 Å². The van der Waals surface area contributed by atoms with Crippen LogP contribution in [0.2, 0.25) is 5.02 Å². The number of hydrogen-bond donors (Lipinski definition) is 1. The van der Waals surface area contributed by atoms with Crippen LogP contribution < -0.4 is 10.1 Å². The monoisotopic (exact) mass is 418 g/mol. The minimum Gasteiger partial charge on any atom is -0.491 e. The van der Waals surface area contributed by atoms with Gasteiger partial charge in [-0.15, -0.1) is 0 Å². The highest BCUT2D eigenvalue weighted by atomic mass is 79.9. The fourth-order valence-corrected chi connectivity index (χ4v) is 3.18. The van der Waals surface area contributed by atoms with Crippen LogP contribution in [0.1, 0.15) is 16.8 Å². The molecule has 0 bridgehead atoms. The summed E-state index contributed by atoms with van der Waals surface area (Å²) in [6, 6.07) is 14.9. The van der Waals surface area contributed by atoms with Crippen molar-refractivity contribution in [3.8, 4) is 5.75 Å². The first-order valence-electron chi connectivity index (χ1n) is 7.85. The van der Waals surface area contributed by atoms with Crippen molar-refractivity contribution in [2.75, 3.05) is 13.2 Å². The number of para-hydroxylation sites is 1. The summed E-state index contributed by atoms with van der Waals surface area (Å²) in [5, 5.41) is 4.31. The summed E-state index contributed by atoms with van der Waals surface area (Å²) in [7, 11) is 0. The maximum Gasteiger partial charge on any atom is 0.252 e. The Morgan fingerprint density at radius 1 is 1.20 bits per heavy atom. The highest BCUT2D eigenvalue weighted by Gasteiger charge is 2.10. The first-order chi connectivity index (χ1) is 12.1. The smallest absolute Gasteiger partial charge is 0.252 e. The third kappa shape index (κ3) is 4.50. The van der Waals surface area contributed by atoms with Gasteiger partial charge in [-0.1, -0.05) is 45.7 Å². The maximum atomic E-state index is 12.1. The number of fused-ring (bicyclic) bond motifs is 1. The first kappa shape index (κ1) is 17.7. The SMILES string of the molecule is O=C(NCCCOc1cccc2cccnc12)c1ccc(Br)cc1Cl. The molecule has 0 radical (unpaired) electrons. The molecule has 4 nitrogen and oxygen atoms in total. The molecule has 0 saturated heterocycles. The number of hydrogen-bond acceptors (Lipinski definition) is 3. The van der Waals surface area contributed by atoms with Gasteiger partial charge in [-0.3, -0.25) is 9.78 Å². The molecule has 3 aromatic rings. The fraction of sp³-hybridized carbons (Fsp3) is 0.158. The van der Waals surface area contributed by atoms with Crippen molar-refractivity contribution in [3.05, 3.63) is 69.8 Å². The van der Waals surface area contributed by atoms with Crippen LogP contribution in [0, 0.1) is 0 Å². The Morgan fingerprint density at radius 3 is 2.88 bits per heavy atom. The molecule has 1 amide bonds. The van der Waals surface area contributed by atoms with Crippen LogP contribution in [0.3, 0.4) is 0 Å². The Labute approximate surface area is 159 Å². The lowest BCUT2D eigenvalue weighted by Gasteiger charge is -2.10. The lowest BCUT2D eigenvalue weighted by Crippen LogP contribution is -2.25. The van der Waals surface area contributed by atoms with Crippen LogP contribution in [0.5, 0.6) is 5.75 Å². The number of carbonyl (C=O) groups is 1. The van der Waals surface area contributed by atoms with E-state index in [1.54, 1.807) is 24.4 Å². The van der Waals surface area contributed by atoms with E-state index in [1.807, 2.05) is 30.3 Å². The summed E-state index contributed by atoms with van der Waals surface area (Å²) in [4.78, 5) is 16.5. The zero-order valence-corrected chi connectivity index (χ0v) is 15.7. The molecule has 128 valence electrons. The molecule has 0 aliphatic heterocycles. The number of amides is 1. The molecule has 0 aliphatic carbocycles. The molecule has 0 saturated carbocycles. The average Bonchev–Trinajstić information content (AvgIpc) is 2.61. The second kappa shape index (κ2) is 8.32. The second-order valence-electron chi connectivity index (χ2n) is 5.41. The highest BCUT2D eigenvalue weighted by Crippen LogP contribution is 2.23. The van der Waals surface area contributed by atoms with Crippen molar-refractivity contribution < 1.29 is 9.53 Å². The number of halogens is 2. The standard InChI is InChI=1S/C19H16BrClN2O2/c20-14-7-8-15(16(21)12-14)19(24)23-10-3-11-25-17-6-1-4-13-5-2-9-22-18(13)17/h1-2,4-9,12H,3,10-11H2,(H,23,24). The van der Waals surface area contributed by atoms with Crippen LogP contribution >= 0.6 is 27.5 Å². The van der Waals surface area contributed by atoms with E-state index in [4.69, 9.17) is 16.3 Å². The average molecular weight is 420 g/mol. The summed E-state index contributed by atoms with van der Waals surface area (Å²) < 4.78 is 6.64. The Kier molecular flexibility index (Phi) is 5.89. The number of benzene rings is 2. The summed E-state index contributed by atoms with van der Waals surface area (Å²) in [5.41, 5.74) is 1.31. The number of carbonyl (C=O) groups excluding carboxylic acids is 1. The number of pyridine rings is 1. The van der Waals surface area contributed by atoms with Crippen molar-refractivity contribution in [1.29, 1.82) is 0 Å². The third-order valence-electron chi connectivity index (χ3n) is 3.64. The summed E-state index contributed by atoms with van der Waals surface area (Å²) in [6.45, 7) is 0.994. The van der Waals surface area contributed by atoms with Crippen molar-refractivity contribution in [2.45, 2.75) is 6.42 Å². The van der Waals surface area contributed by atoms with Crippen LogP contribution in [0.4, 0.5) is 0 Å². The van der Waals surface area contributed by atoms with Gasteiger partial charge in [-0.05, 0) is 36.8 Å². The Hall–Kier alpha value is -2.11. The molecule has 3 rings (SSSR count). The van der Waals surface area contributed by atoms with Crippen molar-refractivity contribution in [1.82, 2.24) is 10.3 Å². The Morgan fingerprint density at radius 2 is 2.04 bits per heavy atom.